The molecule has 0 aromatic carbocycles. The van der Waals surface area contributed by atoms with Gasteiger partial charge in [0, 0.05) is 6.08 Å². The van der Waals surface area contributed by atoms with Gasteiger partial charge in [-0.1, -0.05) is 6.08 Å². The molecule has 1 aliphatic rings. The van der Waals surface area contributed by atoms with Crippen molar-refractivity contribution in [1.82, 2.24) is 0 Å². The predicted molar refractivity (Wildman–Crippen MR) is 43.6 cm³/mol. The van der Waals surface area contributed by atoms with Crippen LogP contribution in [0.15, 0.2) is 35.5 Å². The molecule has 1 aliphatic carbocycles. The monoisotopic (exact) mass is 175 g/mol. The lowest BCUT2D eigenvalue weighted by Gasteiger charge is -1.85. The van der Waals surface area contributed by atoms with E-state index in [4.69, 9.17) is 10.4 Å². The maximum Gasteiger partial charge on any atom is 0.335 e. The predicted octanol–water partition coefficient (Wildman–Crippen LogP) is 0.586. The number of aliphatic carboxylic acids is 1. The Bertz CT molecular complexity index is 394. The van der Waals surface area contributed by atoms with Gasteiger partial charge in [-0.15, -0.1) is 0 Å². The van der Waals surface area contributed by atoms with Crippen LogP contribution in [-0.2, 0) is 9.59 Å². The summed E-state index contributed by atoms with van der Waals surface area (Å²) in [6, 6.07) is 1.41. The Morgan fingerprint density at radius 2 is 2.15 bits per heavy atom. The van der Waals surface area contributed by atoms with Crippen molar-refractivity contribution in [1.29, 1.82) is 5.26 Å². The van der Waals surface area contributed by atoms with Gasteiger partial charge in [-0.05, 0) is 17.7 Å². The van der Waals surface area contributed by atoms with E-state index in [2.05, 4.69) is 0 Å². The van der Waals surface area contributed by atoms with Gasteiger partial charge in [0.25, 0.3) is 5.78 Å². The van der Waals surface area contributed by atoms with Crippen molar-refractivity contribution in [2.75, 3.05) is 0 Å². The molecule has 0 aliphatic heterocycles. The van der Waals surface area contributed by atoms with Gasteiger partial charge in [0.1, 0.15) is 6.07 Å². The molecule has 0 saturated carbocycles. The van der Waals surface area contributed by atoms with Gasteiger partial charge in [-0.2, -0.15) is 5.26 Å². The van der Waals surface area contributed by atoms with Crippen LogP contribution in [0.2, 0.25) is 0 Å². The minimum absolute atomic E-state index is 0.108. The first-order valence-electron chi connectivity index (χ1n) is 3.42. The normalized spacial score (nSPS) is 16.8. The van der Waals surface area contributed by atoms with Crippen LogP contribution in [0.5, 0.6) is 0 Å². The molecule has 0 aromatic rings. The molecule has 1 rings (SSSR count). The Balaban J connectivity index is 2.88. The third kappa shape index (κ3) is 2.14. The molecule has 1 N–H and O–H groups in total. The van der Waals surface area contributed by atoms with Crippen LogP contribution in [0.1, 0.15) is 0 Å². The highest BCUT2D eigenvalue weighted by atomic mass is 16.4. The quantitative estimate of drug-likeness (QED) is 0.492. The van der Waals surface area contributed by atoms with Crippen LogP contribution in [0.4, 0.5) is 0 Å². The van der Waals surface area contributed by atoms with Gasteiger partial charge in [0.15, 0.2) is 0 Å². The standard InChI is InChI=1S/C9H5NO3/c10-5-8(11)4-6-1-2-7(3-6)9(12)13/h1-4H,(H,12,13)/b6-4+. The minimum Gasteiger partial charge on any atom is -0.478 e. The molecule has 0 unspecified atom stereocenters. The smallest absolute Gasteiger partial charge is 0.335 e. The third-order valence-corrected chi connectivity index (χ3v) is 1.43. The minimum atomic E-state index is -1.05. The second kappa shape index (κ2) is 3.50. The highest BCUT2D eigenvalue weighted by molar-refractivity contribution is 6.04. The Hall–Kier alpha value is -2.15. The number of ketones is 1. The number of rotatable bonds is 2. The lowest BCUT2D eigenvalue weighted by molar-refractivity contribution is -0.132. The number of hydrogen-bond donors (Lipinski definition) is 1. The van der Waals surface area contributed by atoms with Crippen LogP contribution in [0, 0.1) is 11.3 Å². The SMILES string of the molecule is N#CC(=O)/C=C1\C=CC(C(=O)O)=C1. The summed E-state index contributed by atoms with van der Waals surface area (Å²) >= 11 is 0. The molecule has 0 atom stereocenters. The molecular weight excluding hydrogens is 170 g/mol. The molecule has 0 heterocycles. The lowest BCUT2D eigenvalue weighted by atomic mass is 10.2. The molecule has 0 amide bonds. The van der Waals surface area contributed by atoms with Gasteiger partial charge >= 0.3 is 5.97 Å². The zero-order valence-corrected chi connectivity index (χ0v) is 6.52. The first kappa shape index (κ1) is 8.94. The van der Waals surface area contributed by atoms with Gasteiger partial charge in [-0.3, -0.25) is 4.79 Å². The van der Waals surface area contributed by atoms with Crippen LogP contribution >= 0.6 is 0 Å². The van der Waals surface area contributed by atoms with E-state index >= 15 is 0 Å². The fourth-order valence-electron chi connectivity index (χ4n) is 0.868. The number of nitriles is 1. The van der Waals surface area contributed by atoms with Crippen molar-refractivity contribution in [2.45, 2.75) is 0 Å². The van der Waals surface area contributed by atoms with Crippen molar-refractivity contribution in [3.8, 4) is 6.07 Å². The largest absolute Gasteiger partial charge is 0.478 e. The van der Waals surface area contributed by atoms with E-state index in [1.54, 1.807) is 0 Å². The molecule has 64 valence electrons. The summed E-state index contributed by atoms with van der Waals surface area (Å²) in [7, 11) is 0. The number of carbonyl (C=O) groups is 2. The Morgan fingerprint density at radius 3 is 2.62 bits per heavy atom. The number of hydrogen-bond acceptors (Lipinski definition) is 3. The van der Waals surface area contributed by atoms with Crippen molar-refractivity contribution >= 4 is 11.8 Å². The van der Waals surface area contributed by atoms with E-state index in [1.165, 1.54) is 24.3 Å². The first-order valence-corrected chi connectivity index (χ1v) is 3.42. The number of nitrogens with zero attached hydrogens (tertiary/aromatic N) is 1. The molecule has 0 fully saturated rings. The van der Waals surface area contributed by atoms with Crippen LogP contribution in [0.25, 0.3) is 0 Å². The maximum atomic E-state index is 10.6. The van der Waals surface area contributed by atoms with Gasteiger partial charge in [0.2, 0.25) is 0 Å². The Morgan fingerprint density at radius 1 is 1.46 bits per heavy atom. The summed E-state index contributed by atoms with van der Waals surface area (Å²) in [5.41, 5.74) is 0.543. The first-order chi connectivity index (χ1) is 6.13. The summed E-state index contributed by atoms with van der Waals surface area (Å²) in [5, 5.41) is 16.7. The fraction of sp³-hybridized carbons (Fsp3) is 0. The highest BCUT2D eigenvalue weighted by Gasteiger charge is 2.09. The average Bonchev–Trinajstić information content (AvgIpc) is 2.52. The highest BCUT2D eigenvalue weighted by Crippen LogP contribution is 2.14. The number of allylic oxidation sites excluding steroid dienone is 4. The van der Waals surface area contributed by atoms with E-state index in [9.17, 15) is 9.59 Å². The summed E-state index contributed by atoms with van der Waals surface area (Å²) in [6.07, 6.45) is 5.27. The van der Waals surface area contributed by atoms with Gasteiger partial charge in [0.05, 0.1) is 5.57 Å². The van der Waals surface area contributed by atoms with Gasteiger partial charge < -0.3 is 5.11 Å². The topological polar surface area (TPSA) is 78.2 Å². The third-order valence-electron chi connectivity index (χ3n) is 1.43. The maximum absolute atomic E-state index is 10.6. The Kier molecular flexibility index (Phi) is 2.41. The van der Waals surface area contributed by atoms with E-state index in [-0.39, 0.29) is 5.57 Å². The summed E-state index contributed by atoms with van der Waals surface area (Å²) in [6.45, 7) is 0. The van der Waals surface area contributed by atoms with Crippen molar-refractivity contribution in [3.63, 3.8) is 0 Å². The molecule has 0 saturated heterocycles. The van der Waals surface area contributed by atoms with Gasteiger partial charge in [-0.25, -0.2) is 4.79 Å². The summed E-state index contributed by atoms with van der Waals surface area (Å²) in [5.74, 6) is -1.74. The lowest BCUT2D eigenvalue weighted by Crippen LogP contribution is -1.94. The molecule has 4 heteroatoms. The molecule has 0 radical (unpaired) electrons. The second-order valence-electron chi connectivity index (χ2n) is 2.36. The zero-order valence-electron chi connectivity index (χ0n) is 6.52. The van der Waals surface area contributed by atoms with E-state index in [0.29, 0.717) is 5.57 Å². The van der Waals surface area contributed by atoms with Crippen molar-refractivity contribution < 1.29 is 14.7 Å². The summed E-state index contributed by atoms with van der Waals surface area (Å²) < 4.78 is 0. The molecule has 4 nitrogen and oxygen atoms in total. The Labute approximate surface area is 74.1 Å². The van der Waals surface area contributed by atoms with Crippen LogP contribution in [-0.4, -0.2) is 16.9 Å². The average molecular weight is 175 g/mol. The number of carboxylic acids is 1. The van der Waals surface area contributed by atoms with Crippen molar-refractivity contribution in [2.24, 2.45) is 0 Å². The second-order valence-corrected chi connectivity index (χ2v) is 2.36. The molecule has 13 heavy (non-hydrogen) atoms. The molecule has 0 spiro atoms. The zero-order chi connectivity index (χ0) is 9.84. The van der Waals surface area contributed by atoms with E-state index in [0.717, 1.165) is 6.08 Å². The summed E-state index contributed by atoms with van der Waals surface area (Å²) in [4.78, 5) is 21.0. The van der Waals surface area contributed by atoms with Crippen LogP contribution < -0.4 is 0 Å². The van der Waals surface area contributed by atoms with E-state index in [1.807, 2.05) is 0 Å². The molecule has 0 aromatic heterocycles. The van der Waals surface area contributed by atoms with E-state index < -0.39 is 11.8 Å². The molecular formula is C9H5NO3. The number of carboxylic acid groups (broad SMARTS) is 1. The molecule has 0 bridgehead atoms. The van der Waals surface area contributed by atoms with Crippen LogP contribution in [0.3, 0.4) is 0 Å². The van der Waals surface area contributed by atoms with Crippen molar-refractivity contribution in [3.05, 3.63) is 35.5 Å². The number of carbonyl (C=O) groups excluding carboxylic acids is 1. The fourth-order valence-corrected chi connectivity index (χ4v) is 0.868.